The SMILES string of the molecule is CN(Cc1cnn(C)c1)C(=O)CC1(O)CCCN(Cc2ccccc2)C1. The highest BCUT2D eigenvalue weighted by atomic mass is 16.3. The normalized spacial score (nSPS) is 20.9. The molecule has 1 aromatic heterocycles. The van der Waals surface area contributed by atoms with Crippen molar-refractivity contribution in [3.8, 4) is 0 Å². The lowest BCUT2D eigenvalue weighted by molar-refractivity contribution is -0.138. The maximum atomic E-state index is 12.6. The molecule has 2 heterocycles. The van der Waals surface area contributed by atoms with E-state index in [0.29, 0.717) is 19.5 Å². The van der Waals surface area contributed by atoms with Crippen molar-refractivity contribution in [2.75, 3.05) is 20.1 Å². The van der Waals surface area contributed by atoms with E-state index in [0.717, 1.165) is 25.1 Å². The lowest BCUT2D eigenvalue weighted by Crippen LogP contribution is -2.50. The Bertz CT molecular complexity index is 730. The number of likely N-dealkylation sites (tertiary alicyclic amines) is 1. The maximum Gasteiger partial charge on any atom is 0.225 e. The molecule has 3 rings (SSSR count). The number of β-amino-alcohol motifs (C(OH)–C–C–N with tert-alkyl or cyclic N) is 1. The molecule has 0 bridgehead atoms. The minimum absolute atomic E-state index is 0.0297. The molecular formula is C20H28N4O2. The van der Waals surface area contributed by atoms with Gasteiger partial charge in [0, 0.05) is 45.5 Å². The van der Waals surface area contributed by atoms with Crippen LogP contribution < -0.4 is 0 Å². The average Bonchev–Trinajstić information content (AvgIpc) is 3.00. The minimum atomic E-state index is -0.951. The standard InChI is InChI=1S/C20H28N4O2/c1-22(13-18-12-21-23(2)14-18)19(25)11-20(26)9-6-10-24(16-20)15-17-7-4-3-5-8-17/h3-5,7-8,12,14,26H,6,9-11,13,15-16H2,1-2H3. The second-order valence-corrected chi connectivity index (χ2v) is 7.47. The van der Waals surface area contributed by atoms with E-state index in [1.54, 1.807) is 22.8 Å². The molecule has 2 aromatic rings. The summed E-state index contributed by atoms with van der Waals surface area (Å²) >= 11 is 0. The second-order valence-electron chi connectivity index (χ2n) is 7.47. The molecule has 140 valence electrons. The Labute approximate surface area is 155 Å². The van der Waals surface area contributed by atoms with Crippen LogP contribution in [0.1, 0.15) is 30.4 Å². The molecule has 0 radical (unpaired) electrons. The first-order chi connectivity index (χ1) is 12.4. The van der Waals surface area contributed by atoms with Crippen molar-refractivity contribution >= 4 is 5.91 Å². The van der Waals surface area contributed by atoms with Crippen LogP contribution in [0, 0.1) is 0 Å². The van der Waals surface area contributed by atoms with Crippen LogP contribution in [0.25, 0.3) is 0 Å². The largest absolute Gasteiger partial charge is 0.388 e. The Balaban J connectivity index is 1.55. The number of carbonyl (C=O) groups is 1. The van der Waals surface area contributed by atoms with Gasteiger partial charge in [0.25, 0.3) is 0 Å². The molecule has 1 aliphatic rings. The molecule has 1 saturated heterocycles. The molecule has 1 atom stereocenters. The summed E-state index contributed by atoms with van der Waals surface area (Å²) in [5.74, 6) is -0.0297. The molecule has 1 unspecified atom stereocenters. The lowest BCUT2D eigenvalue weighted by Gasteiger charge is -2.39. The summed E-state index contributed by atoms with van der Waals surface area (Å²) in [7, 11) is 3.64. The predicted octanol–water partition coefficient (Wildman–Crippen LogP) is 1.80. The zero-order chi connectivity index (χ0) is 18.6. The lowest BCUT2D eigenvalue weighted by atomic mass is 9.88. The fraction of sp³-hybridized carbons (Fsp3) is 0.500. The van der Waals surface area contributed by atoms with Crippen LogP contribution in [0.2, 0.25) is 0 Å². The number of benzene rings is 1. The molecule has 0 saturated carbocycles. The van der Waals surface area contributed by atoms with Crippen LogP contribution in [-0.4, -0.2) is 56.3 Å². The number of hydrogen-bond acceptors (Lipinski definition) is 4. The number of rotatable bonds is 6. The van der Waals surface area contributed by atoms with Crippen LogP contribution in [0.3, 0.4) is 0 Å². The smallest absolute Gasteiger partial charge is 0.225 e. The van der Waals surface area contributed by atoms with Crippen molar-refractivity contribution in [3.63, 3.8) is 0 Å². The fourth-order valence-electron chi connectivity index (χ4n) is 3.66. The Morgan fingerprint density at radius 1 is 1.31 bits per heavy atom. The predicted molar refractivity (Wildman–Crippen MR) is 100 cm³/mol. The zero-order valence-corrected chi connectivity index (χ0v) is 15.6. The Morgan fingerprint density at radius 3 is 2.77 bits per heavy atom. The highest BCUT2D eigenvalue weighted by Gasteiger charge is 2.36. The molecule has 0 aliphatic carbocycles. The van der Waals surface area contributed by atoms with Gasteiger partial charge in [0.2, 0.25) is 5.91 Å². The highest BCUT2D eigenvalue weighted by Crippen LogP contribution is 2.26. The van der Waals surface area contributed by atoms with Gasteiger partial charge < -0.3 is 10.0 Å². The van der Waals surface area contributed by atoms with Gasteiger partial charge in [0.05, 0.1) is 18.2 Å². The van der Waals surface area contributed by atoms with E-state index >= 15 is 0 Å². The zero-order valence-electron chi connectivity index (χ0n) is 15.6. The monoisotopic (exact) mass is 356 g/mol. The molecule has 1 aliphatic heterocycles. The Hall–Kier alpha value is -2.18. The van der Waals surface area contributed by atoms with Crippen molar-refractivity contribution in [2.45, 2.75) is 38.0 Å². The first kappa shape index (κ1) is 18.6. The highest BCUT2D eigenvalue weighted by molar-refractivity contribution is 5.77. The van der Waals surface area contributed by atoms with Gasteiger partial charge in [-0.05, 0) is 24.9 Å². The number of carbonyl (C=O) groups excluding carboxylic acids is 1. The first-order valence-corrected chi connectivity index (χ1v) is 9.14. The van der Waals surface area contributed by atoms with Crippen molar-refractivity contribution < 1.29 is 9.90 Å². The van der Waals surface area contributed by atoms with Crippen LogP contribution in [0.4, 0.5) is 0 Å². The molecule has 1 fully saturated rings. The molecule has 0 spiro atoms. The van der Waals surface area contributed by atoms with E-state index in [1.165, 1.54) is 5.56 Å². The van der Waals surface area contributed by atoms with Crippen LogP contribution >= 0.6 is 0 Å². The van der Waals surface area contributed by atoms with Gasteiger partial charge in [-0.25, -0.2) is 0 Å². The Kier molecular flexibility index (Phi) is 5.74. The third-order valence-corrected chi connectivity index (χ3v) is 4.97. The minimum Gasteiger partial charge on any atom is -0.388 e. The fourth-order valence-corrected chi connectivity index (χ4v) is 3.66. The number of hydrogen-bond donors (Lipinski definition) is 1. The number of aryl methyl sites for hydroxylation is 1. The maximum absolute atomic E-state index is 12.6. The van der Waals surface area contributed by atoms with Crippen molar-refractivity contribution in [1.82, 2.24) is 19.6 Å². The van der Waals surface area contributed by atoms with Gasteiger partial charge >= 0.3 is 0 Å². The van der Waals surface area contributed by atoms with Crippen molar-refractivity contribution in [2.24, 2.45) is 7.05 Å². The van der Waals surface area contributed by atoms with E-state index in [-0.39, 0.29) is 12.3 Å². The molecule has 26 heavy (non-hydrogen) atoms. The third kappa shape index (κ3) is 4.93. The summed E-state index contributed by atoms with van der Waals surface area (Å²) in [5.41, 5.74) is 1.27. The van der Waals surface area contributed by atoms with Crippen LogP contribution in [0.15, 0.2) is 42.7 Å². The van der Waals surface area contributed by atoms with Crippen molar-refractivity contribution in [1.29, 1.82) is 0 Å². The van der Waals surface area contributed by atoms with Gasteiger partial charge in [0.15, 0.2) is 0 Å². The average molecular weight is 356 g/mol. The molecule has 6 nitrogen and oxygen atoms in total. The van der Waals surface area contributed by atoms with E-state index in [4.69, 9.17) is 0 Å². The van der Waals surface area contributed by atoms with Crippen LogP contribution in [-0.2, 0) is 24.9 Å². The van der Waals surface area contributed by atoms with Gasteiger partial charge in [-0.15, -0.1) is 0 Å². The number of amides is 1. The van der Waals surface area contributed by atoms with Gasteiger partial charge in [-0.3, -0.25) is 14.4 Å². The topological polar surface area (TPSA) is 61.6 Å². The number of nitrogens with zero attached hydrogens (tertiary/aromatic N) is 4. The number of aliphatic hydroxyl groups is 1. The molecule has 1 aromatic carbocycles. The summed E-state index contributed by atoms with van der Waals surface area (Å²) in [6.45, 7) is 2.81. The van der Waals surface area contributed by atoms with E-state index in [2.05, 4.69) is 22.1 Å². The van der Waals surface area contributed by atoms with E-state index in [1.807, 2.05) is 31.4 Å². The van der Waals surface area contributed by atoms with Gasteiger partial charge in [-0.2, -0.15) is 5.10 Å². The molecule has 6 heteroatoms. The summed E-state index contributed by atoms with van der Waals surface area (Å²) in [6.07, 6.45) is 5.41. The third-order valence-electron chi connectivity index (χ3n) is 4.97. The Morgan fingerprint density at radius 2 is 2.08 bits per heavy atom. The van der Waals surface area contributed by atoms with Gasteiger partial charge in [0.1, 0.15) is 0 Å². The van der Waals surface area contributed by atoms with Crippen molar-refractivity contribution in [3.05, 3.63) is 53.9 Å². The number of piperidine rings is 1. The summed E-state index contributed by atoms with van der Waals surface area (Å²) in [5, 5.41) is 15.1. The summed E-state index contributed by atoms with van der Waals surface area (Å²) in [4.78, 5) is 16.5. The second kappa shape index (κ2) is 8.01. The van der Waals surface area contributed by atoms with E-state index in [9.17, 15) is 9.90 Å². The summed E-state index contributed by atoms with van der Waals surface area (Å²) < 4.78 is 1.73. The quantitative estimate of drug-likeness (QED) is 0.857. The summed E-state index contributed by atoms with van der Waals surface area (Å²) in [6, 6.07) is 10.3. The molecule has 1 N–H and O–H groups in total. The van der Waals surface area contributed by atoms with Gasteiger partial charge in [-0.1, -0.05) is 30.3 Å². The first-order valence-electron chi connectivity index (χ1n) is 9.14. The van der Waals surface area contributed by atoms with Crippen LogP contribution in [0.5, 0.6) is 0 Å². The van der Waals surface area contributed by atoms with E-state index < -0.39 is 5.60 Å². The molecule has 1 amide bonds. The molecular weight excluding hydrogens is 328 g/mol. The number of aromatic nitrogens is 2.